The van der Waals surface area contributed by atoms with Crippen LogP contribution in [0.25, 0.3) is 0 Å². The number of piperazine rings is 1. The highest BCUT2D eigenvalue weighted by atomic mass is 16.2. The van der Waals surface area contributed by atoms with Crippen LogP contribution in [0.15, 0.2) is 0 Å². The average Bonchev–Trinajstić information content (AvgIpc) is 2.24. The number of carbonyl (C=O) groups is 3. The van der Waals surface area contributed by atoms with Gasteiger partial charge in [0, 0.05) is 20.0 Å². The SMILES string of the molecule is CC(=O)NC(C(=O)N1CCNC(=O)C1)C(C)C. The molecule has 1 heterocycles. The summed E-state index contributed by atoms with van der Waals surface area (Å²) in [6.45, 7) is 6.14. The summed E-state index contributed by atoms with van der Waals surface area (Å²) in [4.78, 5) is 35.9. The van der Waals surface area contributed by atoms with Crippen LogP contribution in [0.5, 0.6) is 0 Å². The lowest BCUT2D eigenvalue weighted by molar-refractivity contribution is -0.142. The lowest BCUT2D eigenvalue weighted by Gasteiger charge is -2.31. The zero-order chi connectivity index (χ0) is 13.0. The first-order valence-corrected chi connectivity index (χ1v) is 5.74. The van der Waals surface area contributed by atoms with Crippen molar-refractivity contribution in [1.29, 1.82) is 0 Å². The van der Waals surface area contributed by atoms with Crippen molar-refractivity contribution in [2.75, 3.05) is 19.6 Å². The molecule has 1 aliphatic heterocycles. The van der Waals surface area contributed by atoms with Gasteiger partial charge in [-0.15, -0.1) is 0 Å². The molecule has 0 radical (unpaired) electrons. The van der Waals surface area contributed by atoms with E-state index in [4.69, 9.17) is 0 Å². The third-order valence-corrected chi connectivity index (χ3v) is 2.64. The van der Waals surface area contributed by atoms with Crippen molar-refractivity contribution < 1.29 is 14.4 Å². The molecule has 6 nitrogen and oxygen atoms in total. The van der Waals surface area contributed by atoms with Crippen molar-refractivity contribution >= 4 is 17.7 Å². The Morgan fingerprint density at radius 3 is 2.53 bits per heavy atom. The second-order valence-electron chi connectivity index (χ2n) is 4.53. The van der Waals surface area contributed by atoms with Crippen LogP contribution in [0, 0.1) is 5.92 Å². The molecule has 6 heteroatoms. The van der Waals surface area contributed by atoms with E-state index in [1.165, 1.54) is 11.8 Å². The molecule has 0 aromatic heterocycles. The van der Waals surface area contributed by atoms with Gasteiger partial charge >= 0.3 is 0 Å². The summed E-state index contributed by atoms with van der Waals surface area (Å²) < 4.78 is 0. The van der Waals surface area contributed by atoms with Crippen LogP contribution in [-0.4, -0.2) is 48.3 Å². The lowest BCUT2D eigenvalue weighted by atomic mass is 10.0. The zero-order valence-electron chi connectivity index (χ0n) is 10.4. The highest BCUT2D eigenvalue weighted by molar-refractivity contribution is 5.91. The Labute approximate surface area is 101 Å². The van der Waals surface area contributed by atoms with Gasteiger partial charge in [0.05, 0.1) is 6.54 Å². The van der Waals surface area contributed by atoms with Gasteiger partial charge in [-0.25, -0.2) is 0 Å². The minimum absolute atomic E-state index is 0.00334. The van der Waals surface area contributed by atoms with Crippen molar-refractivity contribution in [3.8, 4) is 0 Å². The van der Waals surface area contributed by atoms with Crippen LogP contribution in [0.2, 0.25) is 0 Å². The van der Waals surface area contributed by atoms with Crippen molar-refractivity contribution in [3.63, 3.8) is 0 Å². The first kappa shape index (κ1) is 13.5. The van der Waals surface area contributed by atoms with Crippen LogP contribution in [0.3, 0.4) is 0 Å². The van der Waals surface area contributed by atoms with Gasteiger partial charge in [-0.05, 0) is 5.92 Å². The van der Waals surface area contributed by atoms with Crippen LogP contribution >= 0.6 is 0 Å². The minimum Gasteiger partial charge on any atom is -0.353 e. The first-order chi connectivity index (χ1) is 7.91. The van der Waals surface area contributed by atoms with E-state index in [0.29, 0.717) is 13.1 Å². The number of nitrogens with zero attached hydrogens (tertiary/aromatic N) is 1. The lowest BCUT2D eigenvalue weighted by Crippen LogP contribution is -2.57. The van der Waals surface area contributed by atoms with E-state index in [1.807, 2.05) is 13.8 Å². The summed E-state index contributed by atoms with van der Waals surface area (Å²) in [5.41, 5.74) is 0. The molecule has 0 aromatic rings. The van der Waals surface area contributed by atoms with E-state index in [2.05, 4.69) is 10.6 Å². The Hall–Kier alpha value is -1.59. The van der Waals surface area contributed by atoms with Gasteiger partial charge in [0.25, 0.3) is 0 Å². The number of rotatable bonds is 3. The quantitative estimate of drug-likeness (QED) is 0.672. The summed E-state index contributed by atoms with van der Waals surface area (Å²) in [5.74, 6) is -0.588. The molecule has 17 heavy (non-hydrogen) atoms. The molecule has 0 saturated carbocycles. The largest absolute Gasteiger partial charge is 0.353 e. The van der Waals surface area contributed by atoms with Crippen molar-refractivity contribution in [2.45, 2.75) is 26.8 Å². The topological polar surface area (TPSA) is 78.5 Å². The molecular formula is C11H19N3O3. The van der Waals surface area contributed by atoms with Crippen LogP contribution in [-0.2, 0) is 14.4 Å². The fourth-order valence-corrected chi connectivity index (χ4v) is 1.76. The zero-order valence-corrected chi connectivity index (χ0v) is 10.4. The fourth-order valence-electron chi connectivity index (χ4n) is 1.76. The molecule has 0 aliphatic carbocycles. The normalized spacial score (nSPS) is 17.6. The molecule has 2 N–H and O–H groups in total. The summed E-state index contributed by atoms with van der Waals surface area (Å²) in [6, 6.07) is -0.557. The predicted octanol–water partition coefficient (Wildman–Crippen LogP) is -0.894. The van der Waals surface area contributed by atoms with Gasteiger partial charge in [-0.3, -0.25) is 14.4 Å². The standard InChI is InChI=1S/C11H19N3O3/c1-7(2)10(13-8(3)15)11(17)14-5-4-12-9(16)6-14/h7,10H,4-6H2,1-3H3,(H,12,16)(H,13,15). The smallest absolute Gasteiger partial charge is 0.245 e. The third-order valence-electron chi connectivity index (χ3n) is 2.64. The maximum atomic E-state index is 12.2. The minimum atomic E-state index is -0.557. The van der Waals surface area contributed by atoms with Gasteiger partial charge in [-0.1, -0.05) is 13.8 Å². The predicted molar refractivity (Wildman–Crippen MR) is 62.0 cm³/mol. The summed E-state index contributed by atoms with van der Waals surface area (Å²) in [7, 11) is 0. The number of nitrogens with one attached hydrogen (secondary N) is 2. The van der Waals surface area contributed by atoms with Crippen LogP contribution in [0.4, 0.5) is 0 Å². The van der Waals surface area contributed by atoms with E-state index in [0.717, 1.165) is 0 Å². The maximum absolute atomic E-state index is 12.2. The highest BCUT2D eigenvalue weighted by Crippen LogP contribution is 2.07. The molecule has 96 valence electrons. The molecule has 1 unspecified atom stereocenters. The fraction of sp³-hybridized carbons (Fsp3) is 0.727. The third kappa shape index (κ3) is 3.72. The Kier molecular flexibility index (Phi) is 4.48. The van der Waals surface area contributed by atoms with Crippen LogP contribution < -0.4 is 10.6 Å². The van der Waals surface area contributed by atoms with Gasteiger partial charge in [0.15, 0.2) is 0 Å². The first-order valence-electron chi connectivity index (χ1n) is 5.74. The van der Waals surface area contributed by atoms with Crippen LogP contribution in [0.1, 0.15) is 20.8 Å². The monoisotopic (exact) mass is 241 g/mol. The second-order valence-corrected chi connectivity index (χ2v) is 4.53. The number of hydrogen-bond acceptors (Lipinski definition) is 3. The number of hydrogen-bond donors (Lipinski definition) is 2. The average molecular weight is 241 g/mol. The van der Waals surface area contributed by atoms with Gasteiger partial charge in [0.1, 0.15) is 6.04 Å². The second kappa shape index (κ2) is 5.65. The van der Waals surface area contributed by atoms with Gasteiger partial charge in [-0.2, -0.15) is 0 Å². The number of carbonyl (C=O) groups excluding carboxylic acids is 3. The van der Waals surface area contributed by atoms with Crippen molar-refractivity contribution in [3.05, 3.63) is 0 Å². The molecule has 1 fully saturated rings. The van der Waals surface area contributed by atoms with Crippen molar-refractivity contribution in [1.82, 2.24) is 15.5 Å². The summed E-state index contributed by atoms with van der Waals surface area (Å²) >= 11 is 0. The molecular weight excluding hydrogens is 222 g/mol. The summed E-state index contributed by atoms with van der Waals surface area (Å²) in [5, 5.41) is 5.28. The van der Waals surface area contributed by atoms with Gasteiger partial charge < -0.3 is 15.5 Å². The van der Waals surface area contributed by atoms with E-state index < -0.39 is 6.04 Å². The highest BCUT2D eigenvalue weighted by Gasteiger charge is 2.30. The Morgan fingerprint density at radius 2 is 2.06 bits per heavy atom. The Balaban J connectivity index is 2.69. The molecule has 0 aromatic carbocycles. The van der Waals surface area contributed by atoms with Crippen molar-refractivity contribution in [2.24, 2.45) is 5.92 Å². The maximum Gasteiger partial charge on any atom is 0.245 e. The summed E-state index contributed by atoms with van der Waals surface area (Å²) in [6.07, 6.45) is 0. The van der Waals surface area contributed by atoms with E-state index in [1.54, 1.807) is 0 Å². The Bertz CT molecular complexity index is 328. The molecule has 1 atom stereocenters. The molecule has 3 amide bonds. The number of amides is 3. The molecule has 1 aliphatic rings. The van der Waals surface area contributed by atoms with E-state index >= 15 is 0 Å². The Morgan fingerprint density at radius 1 is 1.41 bits per heavy atom. The van der Waals surface area contributed by atoms with E-state index in [-0.39, 0.29) is 30.2 Å². The van der Waals surface area contributed by atoms with E-state index in [9.17, 15) is 14.4 Å². The van der Waals surface area contributed by atoms with Gasteiger partial charge in [0.2, 0.25) is 17.7 Å². The molecule has 0 bridgehead atoms. The molecule has 1 rings (SSSR count). The molecule has 1 saturated heterocycles. The molecule has 0 spiro atoms.